The minimum absolute atomic E-state index is 0.0755. The van der Waals surface area contributed by atoms with Crippen molar-refractivity contribution in [1.82, 2.24) is 10.3 Å². The second-order valence-corrected chi connectivity index (χ2v) is 8.69. The van der Waals surface area contributed by atoms with Gasteiger partial charge in [0.15, 0.2) is 11.0 Å². The molecule has 0 bridgehead atoms. The molecule has 1 aromatic carbocycles. The maximum atomic E-state index is 14.4. The van der Waals surface area contributed by atoms with E-state index < -0.39 is 29.5 Å². The van der Waals surface area contributed by atoms with E-state index in [0.717, 1.165) is 6.07 Å². The first kappa shape index (κ1) is 22.3. The van der Waals surface area contributed by atoms with E-state index >= 15 is 0 Å². The highest BCUT2D eigenvalue weighted by molar-refractivity contribution is 6.69. The molecular weight excluding hydrogens is 424 g/mol. The van der Waals surface area contributed by atoms with Crippen molar-refractivity contribution >= 4 is 28.5 Å². The van der Waals surface area contributed by atoms with Crippen molar-refractivity contribution in [3.8, 4) is 0 Å². The van der Waals surface area contributed by atoms with Gasteiger partial charge >= 0.3 is 6.18 Å². The molecule has 5 nitrogen and oxygen atoms in total. The van der Waals surface area contributed by atoms with E-state index in [2.05, 4.69) is 15.4 Å². The third kappa shape index (κ3) is 4.35. The van der Waals surface area contributed by atoms with Crippen LogP contribution in [0.4, 0.5) is 17.6 Å². The Balaban J connectivity index is 1.86. The molecule has 2 aliphatic heterocycles. The van der Waals surface area contributed by atoms with Gasteiger partial charge in [0.25, 0.3) is 5.91 Å². The second kappa shape index (κ2) is 7.68. The van der Waals surface area contributed by atoms with E-state index in [0.29, 0.717) is 18.4 Å². The van der Waals surface area contributed by atoms with Gasteiger partial charge in [-0.25, -0.2) is 9.40 Å². The monoisotopic (exact) mass is 444 g/mol. The first-order chi connectivity index (χ1) is 13.8. The van der Waals surface area contributed by atoms with Gasteiger partial charge in [-0.1, -0.05) is 44.5 Å². The highest BCUT2D eigenvalue weighted by Crippen LogP contribution is 2.34. The minimum Gasteiger partial charge on any atom is -0.345 e. The van der Waals surface area contributed by atoms with Crippen molar-refractivity contribution in [3.63, 3.8) is 0 Å². The Bertz CT molecular complexity index is 963. The van der Waals surface area contributed by atoms with E-state index in [-0.39, 0.29) is 27.8 Å². The molecule has 1 N–H and O–H groups in total. The van der Waals surface area contributed by atoms with Crippen molar-refractivity contribution < 1.29 is 22.4 Å². The molecule has 0 unspecified atom stereocenters. The Kier molecular flexibility index (Phi) is 5.70. The zero-order chi connectivity index (χ0) is 22.4. The minimum atomic E-state index is -4.83. The van der Waals surface area contributed by atoms with Crippen LogP contribution in [0.1, 0.15) is 44.9 Å². The number of fused-ring (bicyclic) bond motifs is 1. The molecule has 10 heteroatoms. The Morgan fingerprint density at radius 3 is 2.57 bits per heavy atom. The fraction of sp³-hybridized carbons (Fsp3) is 0.450. The molecule has 0 spiro atoms. The van der Waals surface area contributed by atoms with Crippen LogP contribution in [0.5, 0.6) is 0 Å². The number of amidine groups is 1. The van der Waals surface area contributed by atoms with E-state index in [1.807, 2.05) is 20.8 Å². The zero-order valence-corrected chi connectivity index (χ0v) is 17.6. The Morgan fingerprint density at radius 1 is 1.30 bits per heavy atom. The lowest BCUT2D eigenvalue weighted by atomic mass is 9.87. The fourth-order valence-electron chi connectivity index (χ4n) is 3.22. The number of rotatable bonds is 3. The summed E-state index contributed by atoms with van der Waals surface area (Å²) in [6.45, 7) is 7.87. The van der Waals surface area contributed by atoms with Crippen LogP contribution < -0.4 is 5.32 Å². The standard InChI is InChI=1S/C20H21ClF4N4O/c1-10(11-6-5-7-13(16(11)22)20(23,24)25)26-18(30)12-8-15(21)28-29-9-14(19(2,3)4)27-17(12)29/h5-8,10,14H,9H2,1-4H3,(H,26,30)/t10-,14+/m1/s1. The van der Waals surface area contributed by atoms with Crippen molar-refractivity contribution in [3.05, 3.63) is 46.8 Å². The van der Waals surface area contributed by atoms with Crippen LogP contribution >= 0.6 is 11.6 Å². The molecule has 2 aliphatic rings. The van der Waals surface area contributed by atoms with Gasteiger partial charge in [0.05, 0.1) is 29.8 Å². The third-order valence-electron chi connectivity index (χ3n) is 4.98. The maximum absolute atomic E-state index is 14.4. The van der Waals surface area contributed by atoms with Crippen LogP contribution in [0.3, 0.4) is 0 Å². The van der Waals surface area contributed by atoms with Crippen molar-refractivity contribution in [1.29, 1.82) is 0 Å². The lowest BCUT2D eigenvalue weighted by molar-refractivity contribution is -0.140. The number of hydrazone groups is 1. The van der Waals surface area contributed by atoms with Gasteiger partial charge in [-0.05, 0) is 24.5 Å². The SMILES string of the molecule is C[C@@H](NC(=O)C1=CC(Cl)=NN2C[C@@H](C(C)(C)C)N=C12)c1cccc(C(F)(F)F)c1F. The van der Waals surface area contributed by atoms with Gasteiger partial charge in [0, 0.05) is 5.56 Å². The van der Waals surface area contributed by atoms with Crippen molar-refractivity contribution in [2.45, 2.75) is 46.0 Å². The predicted molar refractivity (Wildman–Crippen MR) is 107 cm³/mol. The number of hydrogen-bond acceptors (Lipinski definition) is 4. The first-order valence-electron chi connectivity index (χ1n) is 9.27. The Morgan fingerprint density at radius 2 is 1.97 bits per heavy atom. The number of carbonyl (C=O) groups excluding carboxylic acids is 1. The summed E-state index contributed by atoms with van der Waals surface area (Å²) in [6, 6.07) is 1.81. The molecule has 2 atom stereocenters. The molecule has 3 rings (SSSR count). The summed E-state index contributed by atoms with van der Waals surface area (Å²) in [7, 11) is 0. The van der Waals surface area contributed by atoms with Gasteiger partial charge in [0.1, 0.15) is 5.82 Å². The fourth-order valence-corrected chi connectivity index (χ4v) is 3.42. The molecule has 0 aromatic heterocycles. The number of aliphatic imine (C=N–C) groups is 1. The van der Waals surface area contributed by atoms with E-state index in [9.17, 15) is 22.4 Å². The average Bonchev–Trinajstić information content (AvgIpc) is 3.04. The third-order valence-corrected chi connectivity index (χ3v) is 5.17. The Hall–Kier alpha value is -2.42. The summed E-state index contributed by atoms with van der Waals surface area (Å²) in [5.74, 6) is -1.72. The zero-order valence-electron chi connectivity index (χ0n) is 16.8. The molecule has 30 heavy (non-hydrogen) atoms. The predicted octanol–water partition coefficient (Wildman–Crippen LogP) is 4.64. The lowest BCUT2D eigenvalue weighted by Gasteiger charge is -2.25. The summed E-state index contributed by atoms with van der Waals surface area (Å²) < 4.78 is 53.4. The number of hydrogen-bond donors (Lipinski definition) is 1. The first-order valence-corrected chi connectivity index (χ1v) is 9.65. The van der Waals surface area contributed by atoms with E-state index in [1.54, 1.807) is 0 Å². The molecule has 0 saturated carbocycles. The second-order valence-electron chi connectivity index (χ2n) is 8.30. The summed E-state index contributed by atoms with van der Waals surface area (Å²) in [5.41, 5.74) is -1.71. The largest absolute Gasteiger partial charge is 0.419 e. The van der Waals surface area contributed by atoms with Crippen LogP contribution in [0.25, 0.3) is 0 Å². The number of benzene rings is 1. The van der Waals surface area contributed by atoms with Gasteiger partial charge in [-0.2, -0.15) is 18.3 Å². The number of carbonyl (C=O) groups is 1. The topological polar surface area (TPSA) is 57.1 Å². The highest BCUT2D eigenvalue weighted by Gasteiger charge is 2.39. The van der Waals surface area contributed by atoms with Crippen LogP contribution in [0, 0.1) is 11.2 Å². The number of halogens is 5. The number of amides is 1. The summed E-state index contributed by atoms with van der Waals surface area (Å²) >= 11 is 6.05. The number of nitrogens with zero attached hydrogens (tertiary/aromatic N) is 3. The molecule has 162 valence electrons. The molecule has 0 aliphatic carbocycles. The van der Waals surface area contributed by atoms with Crippen LogP contribution in [-0.2, 0) is 11.0 Å². The number of alkyl halides is 3. The maximum Gasteiger partial charge on any atom is 0.419 e. The lowest BCUT2D eigenvalue weighted by Crippen LogP contribution is -2.38. The number of nitrogens with one attached hydrogen (secondary N) is 1. The summed E-state index contributed by atoms with van der Waals surface area (Å²) in [4.78, 5) is 17.5. The molecule has 1 amide bonds. The molecule has 0 radical (unpaired) electrons. The summed E-state index contributed by atoms with van der Waals surface area (Å²) in [6.07, 6.45) is -3.49. The van der Waals surface area contributed by atoms with Gasteiger partial charge < -0.3 is 5.32 Å². The molecule has 0 fully saturated rings. The van der Waals surface area contributed by atoms with Crippen molar-refractivity contribution in [2.75, 3.05) is 6.54 Å². The normalized spacial score (nSPS) is 20.2. The average molecular weight is 445 g/mol. The quantitative estimate of drug-likeness (QED) is 0.690. The van der Waals surface area contributed by atoms with Gasteiger partial charge in [-0.15, -0.1) is 0 Å². The summed E-state index contributed by atoms with van der Waals surface area (Å²) in [5, 5.41) is 8.32. The molecule has 0 saturated heterocycles. The smallest absolute Gasteiger partial charge is 0.345 e. The Labute approximate surface area is 176 Å². The molecule has 1 aromatic rings. The van der Waals surface area contributed by atoms with Crippen LogP contribution in [0.2, 0.25) is 0 Å². The highest BCUT2D eigenvalue weighted by atomic mass is 35.5. The van der Waals surface area contributed by atoms with E-state index in [4.69, 9.17) is 11.6 Å². The van der Waals surface area contributed by atoms with Gasteiger partial charge in [-0.3, -0.25) is 9.79 Å². The molecule has 2 heterocycles. The van der Waals surface area contributed by atoms with Crippen LogP contribution in [0.15, 0.2) is 39.9 Å². The van der Waals surface area contributed by atoms with Crippen LogP contribution in [-0.4, -0.2) is 34.5 Å². The van der Waals surface area contributed by atoms with Crippen molar-refractivity contribution in [2.24, 2.45) is 15.5 Å². The number of allylic oxidation sites excluding steroid dienone is 1. The molecular formula is C20H21ClF4N4O. The van der Waals surface area contributed by atoms with E-state index in [1.165, 1.54) is 24.1 Å². The van der Waals surface area contributed by atoms with Gasteiger partial charge in [0.2, 0.25) is 0 Å².